The van der Waals surface area contributed by atoms with Crippen LogP contribution < -0.4 is 15.2 Å². The Kier molecular flexibility index (Phi) is 2.48. The summed E-state index contributed by atoms with van der Waals surface area (Å²) in [5.41, 5.74) is 6.35. The van der Waals surface area contributed by atoms with Crippen molar-refractivity contribution in [1.29, 1.82) is 0 Å². The van der Waals surface area contributed by atoms with Crippen molar-refractivity contribution in [3.8, 4) is 11.5 Å². The average Bonchev–Trinajstić information content (AvgIpc) is 2.56. The summed E-state index contributed by atoms with van der Waals surface area (Å²) in [4.78, 5) is 0. The van der Waals surface area contributed by atoms with Gasteiger partial charge in [-0.15, -0.1) is 0 Å². The topological polar surface area (TPSA) is 44.5 Å². The molecule has 1 unspecified atom stereocenters. The van der Waals surface area contributed by atoms with E-state index in [1.165, 1.54) is 0 Å². The van der Waals surface area contributed by atoms with E-state index in [1.807, 2.05) is 12.1 Å². The van der Waals surface area contributed by atoms with Gasteiger partial charge in [-0.2, -0.15) is 0 Å². The van der Waals surface area contributed by atoms with Crippen LogP contribution in [0, 0.1) is 0 Å². The van der Waals surface area contributed by atoms with Crippen molar-refractivity contribution >= 4 is 5.69 Å². The zero-order valence-corrected chi connectivity index (χ0v) is 8.32. The lowest BCUT2D eigenvalue weighted by Gasteiger charge is -2.08. The monoisotopic (exact) mass is 193 g/mol. The van der Waals surface area contributed by atoms with Crippen molar-refractivity contribution in [2.75, 3.05) is 5.73 Å². The Bertz CT molecular complexity index is 325. The predicted octanol–water partition coefficient (Wildman–Crippen LogP) is 2.56. The molecule has 0 radical (unpaired) electrons. The highest BCUT2D eigenvalue weighted by molar-refractivity contribution is 5.53. The first-order chi connectivity index (χ1) is 6.79. The number of fused-ring (bicyclic) bond motifs is 1. The minimum atomic E-state index is -0.119. The van der Waals surface area contributed by atoms with Crippen LogP contribution in [0.15, 0.2) is 18.2 Å². The summed E-state index contributed by atoms with van der Waals surface area (Å²) >= 11 is 0. The summed E-state index contributed by atoms with van der Waals surface area (Å²) in [5.74, 6) is 1.58. The molecule has 1 heterocycles. The van der Waals surface area contributed by atoms with Crippen LogP contribution in [0.3, 0.4) is 0 Å². The maximum absolute atomic E-state index is 5.64. The van der Waals surface area contributed by atoms with Crippen molar-refractivity contribution < 1.29 is 9.47 Å². The van der Waals surface area contributed by atoms with Crippen LogP contribution in [0.4, 0.5) is 5.69 Å². The third kappa shape index (κ3) is 1.76. The van der Waals surface area contributed by atoms with Gasteiger partial charge in [0, 0.05) is 18.2 Å². The van der Waals surface area contributed by atoms with Gasteiger partial charge in [0.1, 0.15) is 0 Å². The zero-order valence-electron chi connectivity index (χ0n) is 8.32. The summed E-state index contributed by atoms with van der Waals surface area (Å²) in [7, 11) is 0. The molecule has 0 saturated heterocycles. The molecule has 2 N–H and O–H groups in total. The molecule has 0 saturated carbocycles. The predicted molar refractivity (Wildman–Crippen MR) is 55.4 cm³/mol. The van der Waals surface area contributed by atoms with E-state index in [2.05, 4.69) is 6.92 Å². The van der Waals surface area contributed by atoms with Crippen LogP contribution in [-0.4, -0.2) is 6.29 Å². The maximum Gasteiger partial charge on any atom is 0.241 e. The molecule has 76 valence electrons. The second-order valence-electron chi connectivity index (χ2n) is 3.51. The number of nitrogens with two attached hydrogens (primary N) is 1. The number of benzene rings is 1. The summed E-state index contributed by atoms with van der Waals surface area (Å²) in [5, 5.41) is 0. The normalized spacial score (nSPS) is 18.5. The Morgan fingerprint density at radius 2 is 2.07 bits per heavy atom. The summed E-state index contributed by atoms with van der Waals surface area (Å²) in [6, 6.07) is 5.49. The molecule has 0 spiro atoms. The van der Waals surface area contributed by atoms with Crippen molar-refractivity contribution in [3.63, 3.8) is 0 Å². The van der Waals surface area contributed by atoms with E-state index in [0.717, 1.165) is 30.8 Å². The molecule has 1 atom stereocenters. The van der Waals surface area contributed by atoms with Crippen LogP contribution in [0.2, 0.25) is 0 Å². The molecule has 1 aliphatic heterocycles. The van der Waals surface area contributed by atoms with Gasteiger partial charge in [0.05, 0.1) is 0 Å². The van der Waals surface area contributed by atoms with Crippen molar-refractivity contribution in [2.24, 2.45) is 0 Å². The molecular weight excluding hydrogens is 178 g/mol. The smallest absolute Gasteiger partial charge is 0.241 e. The van der Waals surface area contributed by atoms with Crippen molar-refractivity contribution in [3.05, 3.63) is 18.2 Å². The van der Waals surface area contributed by atoms with Gasteiger partial charge < -0.3 is 15.2 Å². The lowest BCUT2D eigenvalue weighted by atomic mass is 10.2. The molecule has 3 heteroatoms. The number of hydrogen-bond donors (Lipinski definition) is 1. The van der Waals surface area contributed by atoms with Gasteiger partial charge in [0.2, 0.25) is 6.29 Å². The summed E-state index contributed by atoms with van der Waals surface area (Å²) in [6.45, 7) is 2.15. The first-order valence-electron chi connectivity index (χ1n) is 5.02. The molecular formula is C11H15NO2. The van der Waals surface area contributed by atoms with Crippen molar-refractivity contribution in [1.82, 2.24) is 0 Å². The Hall–Kier alpha value is -1.38. The van der Waals surface area contributed by atoms with Crippen LogP contribution >= 0.6 is 0 Å². The first kappa shape index (κ1) is 9.19. The Morgan fingerprint density at radius 3 is 2.86 bits per heavy atom. The standard InChI is InChI=1S/C11H15NO2/c1-2-3-4-11-13-9-6-5-8(12)7-10(9)14-11/h5-7,11H,2-4,12H2,1H3. The number of anilines is 1. The molecule has 14 heavy (non-hydrogen) atoms. The Labute approximate surface area is 83.8 Å². The highest BCUT2D eigenvalue weighted by atomic mass is 16.7. The molecule has 1 aliphatic rings. The van der Waals surface area contributed by atoms with E-state index in [4.69, 9.17) is 15.2 Å². The number of ether oxygens (including phenoxy) is 2. The van der Waals surface area contributed by atoms with Gasteiger partial charge in [-0.3, -0.25) is 0 Å². The summed E-state index contributed by atoms with van der Waals surface area (Å²) < 4.78 is 11.2. The second kappa shape index (κ2) is 3.78. The quantitative estimate of drug-likeness (QED) is 0.750. The zero-order chi connectivity index (χ0) is 9.97. The molecule has 0 aromatic heterocycles. The second-order valence-corrected chi connectivity index (χ2v) is 3.51. The Morgan fingerprint density at radius 1 is 1.29 bits per heavy atom. The van der Waals surface area contributed by atoms with Gasteiger partial charge in [0.25, 0.3) is 0 Å². The SMILES string of the molecule is CCCCC1Oc2ccc(N)cc2O1. The molecule has 3 nitrogen and oxygen atoms in total. The van der Waals surface area contributed by atoms with Gasteiger partial charge >= 0.3 is 0 Å². The highest BCUT2D eigenvalue weighted by Crippen LogP contribution is 2.37. The maximum atomic E-state index is 5.64. The molecule has 1 aromatic carbocycles. The van der Waals surface area contributed by atoms with Crippen LogP contribution in [0.5, 0.6) is 11.5 Å². The largest absolute Gasteiger partial charge is 0.451 e. The van der Waals surface area contributed by atoms with E-state index in [1.54, 1.807) is 6.07 Å². The van der Waals surface area contributed by atoms with Gasteiger partial charge in [0.15, 0.2) is 11.5 Å². The van der Waals surface area contributed by atoms with E-state index >= 15 is 0 Å². The minimum Gasteiger partial charge on any atom is -0.451 e. The molecule has 2 rings (SSSR count). The van der Waals surface area contributed by atoms with Crippen LogP contribution in [0.1, 0.15) is 26.2 Å². The fourth-order valence-corrected chi connectivity index (χ4v) is 1.51. The van der Waals surface area contributed by atoms with E-state index in [0.29, 0.717) is 5.69 Å². The Balaban J connectivity index is 2.03. The number of nitrogen functional groups attached to an aromatic ring is 1. The van der Waals surface area contributed by atoms with Gasteiger partial charge in [-0.1, -0.05) is 13.3 Å². The first-order valence-corrected chi connectivity index (χ1v) is 5.02. The highest BCUT2D eigenvalue weighted by Gasteiger charge is 2.23. The van der Waals surface area contributed by atoms with E-state index < -0.39 is 0 Å². The molecule has 0 amide bonds. The third-order valence-corrected chi connectivity index (χ3v) is 2.28. The molecule has 0 aliphatic carbocycles. The molecule has 0 bridgehead atoms. The van der Waals surface area contributed by atoms with Crippen molar-refractivity contribution in [2.45, 2.75) is 32.5 Å². The van der Waals surface area contributed by atoms with Gasteiger partial charge in [-0.05, 0) is 18.6 Å². The lowest BCUT2D eigenvalue weighted by Crippen LogP contribution is -2.17. The van der Waals surface area contributed by atoms with E-state index in [9.17, 15) is 0 Å². The molecule has 1 aromatic rings. The third-order valence-electron chi connectivity index (χ3n) is 2.28. The number of hydrogen-bond acceptors (Lipinski definition) is 3. The summed E-state index contributed by atoms with van der Waals surface area (Å²) in [6.07, 6.45) is 3.09. The fourth-order valence-electron chi connectivity index (χ4n) is 1.51. The minimum absolute atomic E-state index is 0.119. The van der Waals surface area contributed by atoms with Gasteiger partial charge in [-0.25, -0.2) is 0 Å². The van der Waals surface area contributed by atoms with Crippen LogP contribution in [0.25, 0.3) is 0 Å². The fraction of sp³-hybridized carbons (Fsp3) is 0.455. The van der Waals surface area contributed by atoms with Crippen LogP contribution in [-0.2, 0) is 0 Å². The lowest BCUT2D eigenvalue weighted by molar-refractivity contribution is 0.0400. The average molecular weight is 193 g/mol. The number of rotatable bonds is 3. The number of unbranched alkanes of at least 4 members (excludes halogenated alkanes) is 1. The van der Waals surface area contributed by atoms with E-state index in [-0.39, 0.29) is 6.29 Å². The molecule has 0 fully saturated rings.